The number of primary amides is 1. The third-order valence-corrected chi connectivity index (χ3v) is 1.53. The molecule has 2 saturated heterocycles. The Morgan fingerprint density at radius 2 is 2.33 bits per heavy atom. The van der Waals surface area contributed by atoms with Gasteiger partial charge in [0, 0.05) is 0 Å². The number of carbonyl (C=O) groups excluding carboxylic acids is 1. The number of ether oxygens (including phenoxy) is 2. The first-order chi connectivity index (χ1) is 4.29. The lowest BCUT2D eigenvalue weighted by Gasteiger charge is -1.79. The highest BCUT2D eigenvalue weighted by Gasteiger charge is 2.54. The number of hydrogen-bond acceptors (Lipinski definition) is 3. The average molecular weight is 129 g/mol. The Kier molecular flexibility index (Phi) is 0.841. The number of amides is 1. The monoisotopic (exact) mass is 129 g/mol. The predicted octanol–water partition coefficient (Wildman–Crippen LogP) is -1.36. The van der Waals surface area contributed by atoms with Crippen molar-refractivity contribution in [2.24, 2.45) is 5.73 Å². The van der Waals surface area contributed by atoms with Crippen LogP contribution in [0.4, 0.5) is 0 Å². The van der Waals surface area contributed by atoms with Gasteiger partial charge >= 0.3 is 0 Å². The number of hydrogen-bond donors (Lipinski definition) is 1. The van der Waals surface area contributed by atoms with E-state index in [0.717, 1.165) is 0 Å². The van der Waals surface area contributed by atoms with Crippen molar-refractivity contribution in [2.45, 2.75) is 18.3 Å². The third-order valence-electron chi connectivity index (χ3n) is 1.53. The minimum absolute atomic E-state index is 0.0255. The van der Waals surface area contributed by atoms with Gasteiger partial charge in [-0.05, 0) is 0 Å². The fourth-order valence-electron chi connectivity index (χ4n) is 0.881. The second-order valence-corrected chi connectivity index (χ2v) is 2.30. The molecule has 2 aliphatic heterocycles. The molecule has 0 aliphatic carbocycles. The third kappa shape index (κ3) is 0.799. The van der Waals surface area contributed by atoms with E-state index in [2.05, 4.69) is 0 Å². The summed E-state index contributed by atoms with van der Waals surface area (Å²) in [7, 11) is 0. The second-order valence-electron chi connectivity index (χ2n) is 2.30. The number of rotatable bonds is 2. The molecule has 2 N–H and O–H groups in total. The van der Waals surface area contributed by atoms with Crippen molar-refractivity contribution >= 4 is 5.91 Å². The minimum atomic E-state index is -0.379. The maximum atomic E-state index is 10.3. The van der Waals surface area contributed by atoms with Crippen molar-refractivity contribution < 1.29 is 14.3 Å². The lowest BCUT2D eigenvalue weighted by Crippen LogP contribution is -2.21. The van der Waals surface area contributed by atoms with Gasteiger partial charge in [-0.2, -0.15) is 0 Å². The molecule has 9 heavy (non-hydrogen) atoms. The molecule has 0 bridgehead atoms. The van der Waals surface area contributed by atoms with Crippen molar-refractivity contribution in [3.63, 3.8) is 0 Å². The molecule has 0 spiro atoms. The van der Waals surface area contributed by atoms with Crippen molar-refractivity contribution in [3.05, 3.63) is 0 Å². The Labute approximate surface area is 51.9 Å². The Bertz CT molecular complexity index is 154. The van der Waals surface area contributed by atoms with Crippen LogP contribution in [0.15, 0.2) is 0 Å². The summed E-state index contributed by atoms with van der Waals surface area (Å²) in [5, 5.41) is 0. The van der Waals surface area contributed by atoms with Crippen LogP contribution in [0.1, 0.15) is 0 Å². The summed E-state index contributed by atoms with van der Waals surface area (Å²) < 4.78 is 9.78. The quantitative estimate of drug-likeness (QED) is 0.468. The Morgan fingerprint density at radius 1 is 1.67 bits per heavy atom. The zero-order valence-corrected chi connectivity index (χ0v) is 4.74. The van der Waals surface area contributed by atoms with Crippen LogP contribution < -0.4 is 5.73 Å². The lowest BCUT2D eigenvalue weighted by atomic mass is 10.2. The fourth-order valence-corrected chi connectivity index (χ4v) is 0.881. The number of nitrogens with two attached hydrogens (primary N) is 1. The van der Waals surface area contributed by atoms with E-state index in [4.69, 9.17) is 15.2 Å². The van der Waals surface area contributed by atoms with Crippen LogP contribution in [-0.4, -0.2) is 30.8 Å². The Hall–Kier alpha value is -0.610. The molecule has 50 valence electrons. The van der Waals surface area contributed by atoms with E-state index in [9.17, 15) is 4.79 Å². The van der Waals surface area contributed by atoms with Gasteiger partial charge in [0.2, 0.25) is 5.91 Å². The molecule has 0 aromatic rings. The molecule has 4 nitrogen and oxygen atoms in total. The van der Waals surface area contributed by atoms with Crippen LogP contribution in [0.25, 0.3) is 0 Å². The van der Waals surface area contributed by atoms with Gasteiger partial charge in [-0.1, -0.05) is 0 Å². The molecule has 2 aliphatic rings. The molecule has 0 unspecified atom stereocenters. The van der Waals surface area contributed by atoms with Gasteiger partial charge in [0.25, 0.3) is 0 Å². The molecule has 0 aromatic carbocycles. The predicted molar refractivity (Wildman–Crippen MR) is 27.6 cm³/mol. The minimum Gasteiger partial charge on any atom is -0.370 e. The van der Waals surface area contributed by atoms with E-state index in [1.165, 1.54) is 0 Å². The number of epoxide rings is 2. The van der Waals surface area contributed by atoms with Crippen LogP contribution in [0, 0.1) is 0 Å². The van der Waals surface area contributed by atoms with E-state index in [0.29, 0.717) is 6.61 Å². The topological polar surface area (TPSA) is 68.2 Å². The van der Waals surface area contributed by atoms with Crippen molar-refractivity contribution in [3.8, 4) is 0 Å². The van der Waals surface area contributed by atoms with Gasteiger partial charge in [-0.25, -0.2) is 0 Å². The van der Waals surface area contributed by atoms with E-state index in [1.54, 1.807) is 0 Å². The molecule has 3 atom stereocenters. The summed E-state index contributed by atoms with van der Waals surface area (Å²) in [6, 6.07) is 0. The van der Waals surface area contributed by atoms with Gasteiger partial charge in [-0.3, -0.25) is 4.79 Å². The van der Waals surface area contributed by atoms with E-state index in [1.807, 2.05) is 0 Å². The highest BCUT2D eigenvalue weighted by atomic mass is 16.7. The van der Waals surface area contributed by atoms with Gasteiger partial charge in [-0.15, -0.1) is 0 Å². The van der Waals surface area contributed by atoms with Crippen molar-refractivity contribution in [1.29, 1.82) is 0 Å². The van der Waals surface area contributed by atoms with Crippen LogP contribution in [-0.2, 0) is 14.3 Å². The summed E-state index contributed by atoms with van der Waals surface area (Å²) in [4.78, 5) is 10.3. The molecule has 0 saturated carbocycles. The standard InChI is InChI=1S/C5H7NO3/c6-5(7)4-3(9-4)2-1-8-2/h2-4H,1H2,(H2,6,7)/t2-,3+,4-/m1/s1. The van der Waals surface area contributed by atoms with E-state index >= 15 is 0 Å². The van der Waals surface area contributed by atoms with Crippen molar-refractivity contribution in [2.75, 3.05) is 6.61 Å². The Morgan fingerprint density at radius 3 is 2.67 bits per heavy atom. The molecule has 2 heterocycles. The van der Waals surface area contributed by atoms with E-state index < -0.39 is 0 Å². The van der Waals surface area contributed by atoms with Crippen LogP contribution >= 0.6 is 0 Å². The molecule has 2 fully saturated rings. The largest absolute Gasteiger partial charge is 0.370 e. The lowest BCUT2D eigenvalue weighted by molar-refractivity contribution is -0.119. The average Bonchev–Trinajstić information content (AvgIpc) is 2.60. The molecular weight excluding hydrogens is 122 g/mol. The molecule has 1 amide bonds. The highest BCUT2D eigenvalue weighted by Crippen LogP contribution is 2.32. The van der Waals surface area contributed by atoms with Gasteiger partial charge in [0.05, 0.1) is 6.61 Å². The van der Waals surface area contributed by atoms with Crippen molar-refractivity contribution in [1.82, 2.24) is 0 Å². The summed E-state index contributed by atoms with van der Waals surface area (Å²) in [5.74, 6) is -0.379. The molecular formula is C5H7NO3. The van der Waals surface area contributed by atoms with Crippen LogP contribution in [0.3, 0.4) is 0 Å². The maximum Gasteiger partial charge on any atom is 0.249 e. The van der Waals surface area contributed by atoms with E-state index in [-0.39, 0.29) is 24.2 Å². The molecule has 0 radical (unpaired) electrons. The van der Waals surface area contributed by atoms with Gasteiger partial charge in [0.1, 0.15) is 12.2 Å². The summed E-state index contributed by atoms with van der Waals surface area (Å²) in [6.07, 6.45) is -0.234. The SMILES string of the molecule is NC(=O)[C@@H]1O[C@H]1[C@H]1CO1. The second kappa shape index (κ2) is 1.46. The first kappa shape index (κ1) is 5.20. The fraction of sp³-hybridized carbons (Fsp3) is 0.800. The Balaban J connectivity index is 1.87. The summed E-state index contributed by atoms with van der Waals surface area (Å²) >= 11 is 0. The first-order valence-corrected chi connectivity index (χ1v) is 2.85. The highest BCUT2D eigenvalue weighted by molar-refractivity contribution is 5.82. The maximum absolute atomic E-state index is 10.3. The normalized spacial score (nSPS) is 46.4. The number of carbonyl (C=O) groups is 1. The zero-order valence-electron chi connectivity index (χ0n) is 4.74. The smallest absolute Gasteiger partial charge is 0.249 e. The van der Waals surface area contributed by atoms with Gasteiger partial charge in [0.15, 0.2) is 6.10 Å². The molecule has 0 aromatic heterocycles. The first-order valence-electron chi connectivity index (χ1n) is 2.85. The molecule has 4 heteroatoms. The summed E-state index contributed by atoms with van der Waals surface area (Å²) in [6.45, 7) is 0.717. The summed E-state index contributed by atoms with van der Waals surface area (Å²) in [5.41, 5.74) is 4.93. The zero-order chi connectivity index (χ0) is 6.43. The van der Waals surface area contributed by atoms with Gasteiger partial charge < -0.3 is 15.2 Å². The molecule has 2 rings (SSSR count). The van der Waals surface area contributed by atoms with Crippen LogP contribution in [0.2, 0.25) is 0 Å². The van der Waals surface area contributed by atoms with Crippen LogP contribution in [0.5, 0.6) is 0 Å².